The molecule has 5 amide bonds. The summed E-state index contributed by atoms with van der Waals surface area (Å²) in [5.74, 6) is -7.17. The first-order valence-corrected chi connectivity index (χ1v) is 12.1. The Labute approximate surface area is 226 Å². The molecule has 7 N–H and O–H groups in total. The zero-order valence-corrected chi connectivity index (χ0v) is 20.9. The predicted octanol–water partition coefficient (Wildman–Crippen LogP) is -1.25. The molecular weight excluding hydrogens is 532 g/mol. The van der Waals surface area contributed by atoms with Gasteiger partial charge in [0.25, 0.3) is 0 Å². The number of phenolic OH excluding ortho intramolecular Hbond substituents is 1. The van der Waals surface area contributed by atoms with Crippen molar-refractivity contribution in [2.75, 3.05) is 26.2 Å². The highest BCUT2D eigenvalue weighted by atomic mass is 19.1. The maximum Gasteiger partial charge on any atom is 0.547 e. The van der Waals surface area contributed by atoms with Gasteiger partial charge >= 0.3 is 30.9 Å². The van der Waals surface area contributed by atoms with Gasteiger partial charge in [-0.05, 0) is 30.2 Å². The number of hydrogen-bond donors (Lipinski definition) is 6. The number of aromatic hydroxyl groups is 1. The Morgan fingerprint density at radius 1 is 1.18 bits per heavy atom. The van der Waals surface area contributed by atoms with Gasteiger partial charge in [0.05, 0.1) is 11.5 Å². The number of fused-ring (bicyclic) bond motifs is 1. The fourth-order valence-corrected chi connectivity index (χ4v) is 4.46. The summed E-state index contributed by atoms with van der Waals surface area (Å²) >= 11 is 0. The van der Waals surface area contributed by atoms with E-state index in [2.05, 4.69) is 10.6 Å². The number of aromatic carboxylic acids is 1. The molecule has 40 heavy (non-hydrogen) atoms. The molecular formula is C24H25BFN5O9. The minimum atomic E-state index is -1.78. The van der Waals surface area contributed by atoms with Crippen molar-refractivity contribution in [1.82, 2.24) is 20.4 Å². The van der Waals surface area contributed by atoms with E-state index in [1.165, 1.54) is 17.0 Å². The first-order chi connectivity index (χ1) is 19.0. The van der Waals surface area contributed by atoms with Crippen molar-refractivity contribution < 1.29 is 48.3 Å². The molecule has 2 aliphatic rings. The van der Waals surface area contributed by atoms with Crippen LogP contribution in [0.15, 0.2) is 36.4 Å². The van der Waals surface area contributed by atoms with Gasteiger partial charge in [-0.3, -0.25) is 19.3 Å². The van der Waals surface area contributed by atoms with E-state index >= 15 is 0 Å². The van der Waals surface area contributed by atoms with Crippen LogP contribution in [0, 0.1) is 5.82 Å². The van der Waals surface area contributed by atoms with Crippen molar-refractivity contribution in [1.29, 1.82) is 0 Å². The summed E-state index contributed by atoms with van der Waals surface area (Å²) in [5, 5.41) is 34.2. The molecule has 0 radical (unpaired) electrons. The van der Waals surface area contributed by atoms with Gasteiger partial charge in [-0.15, -0.1) is 0 Å². The summed E-state index contributed by atoms with van der Waals surface area (Å²) in [6, 6.07) is 4.18. The van der Waals surface area contributed by atoms with E-state index in [1.54, 1.807) is 6.07 Å². The van der Waals surface area contributed by atoms with Gasteiger partial charge in [0.2, 0.25) is 5.91 Å². The van der Waals surface area contributed by atoms with Crippen LogP contribution in [0.3, 0.4) is 0 Å². The lowest BCUT2D eigenvalue weighted by molar-refractivity contribution is -0.153. The number of carbonyl (C=O) groups is 5. The molecule has 210 valence electrons. The van der Waals surface area contributed by atoms with Gasteiger partial charge in [-0.1, -0.05) is 12.1 Å². The number of hydrogen-bond acceptors (Lipinski definition) is 9. The third kappa shape index (κ3) is 5.67. The predicted molar refractivity (Wildman–Crippen MR) is 134 cm³/mol. The Morgan fingerprint density at radius 2 is 1.93 bits per heavy atom. The lowest BCUT2D eigenvalue weighted by atomic mass is 9.72. The molecule has 2 aromatic rings. The van der Waals surface area contributed by atoms with E-state index in [0.717, 1.165) is 12.1 Å². The molecule has 2 aliphatic heterocycles. The van der Waals surface area contributed by atoms with Crippen molar-refractivity contribution in [2.24, 2.45) is 5.73 Å². The molecule has 2 heterocycles. The second-order valence-electron chi connectivity index (χ2n) is 9.05. The standard InChI is InChI=1S/C24H25BFN5O9/c26-16-11-13(32)4-5-14(16)18(29-24(38)31-9-8-30(7-6-27)21(34)22(31)35)20(33)28-17-10-12-2-1-3-15(23(36)37)19(12)40-25(17)39/h1-5,11,17-18,32,39H,6-10,27H2,(H,28,33)(H,29,38)(H,36,37)/t17-,18?/m0/s1. The average Bonchev–Trinajstić information content (AvgIpc) is 2.90. The van der Waals surface area contributed by atoms with Gasteiger partial charge in [0.15, 0.2) is 0 Å². The maximum absolute atomic E-state index is 14.8. The lowest BCUT2D eigenvalue weighted by Gasteiger charge is -2.33. The fraction of sp³-hybridized carbons (Fsp3) is 0.292. The van der Waals surface area contributed by atoms with Crippen LogP contribution in [0.4, 0.5) is 9.18 Å². The molecule has 0 aliphatic carbocycles. The number of urea groups is 1. The van der Waals surface area contributed by atoms with Gasteiger partial charge in [-0.2, -0.15) is 0 Å². The minimum absolute atomic E-state index is 0.00295. The third-order valence-electron chi connectivity index (χ3n) is 6.46. The van der Waals surface area contributed by atoms with Gasteiger partial charge in [0.1, 0.15) is 23.4 Å². The van der Waals surface area contributed by atoms with Crippen LogP contribution in [-0.2, 0) is 20.8 Å². The minimum Gasteiger partial charge on any atom is -0.534 e. The van der Waals surface area contributed by atoms with Crippen molar-refractivity contribution in [2.45, 2.75) is 18.4 Å². The number of para-hydroxylation sites is 1. The molecule has 0 bridgehead atoms. The second-order valence-corrected chi connectivity index (χ2v) is 9.05. The molecule has 4 rings (SSSR count). The molecule has 0 spiro atoms. The van der Waals surface area contributed by atoms with E-state index in [9.17, 15) is 43.6 Å². The van der Waals surface area contributed by atoms with E-state index in [4.69, 9.17) is 10.4 Å². The zero-order chi connectivity index (χ0) is 29.1. The number of carbonyl (C=O) groups excluding carboxylic acids is 4. The number of nitrogens with two attached hydrogens (primary N) is 1. The van der Waals surface area contributed by atoms with Crippen LogP contribution in [-0.4, -0.2) is 94.0 Å². The molecule has 1 saturated heterocycles. The van der Waals surface area contributed by atoms with Gasteiger partial charge in [-0.25, -0.2) is 14.0 Å². The molecule has 1 unspecified atom stereocenters. The molecule has 16 heteroatoms. The van der Waals surface area contributed by atoms with E-state index < -0.39 is 60.4 Å². The highest BCUT2D eigenvalue weighted by Crippen LogP contribution is 2.30. The third-order valence-corrected chi connectivity index (χ3v) is 6.46. The van der Waals surface area contributed by atoms with E-state index in [1.807, 2.05) is 0 Å². The van der Waals surface area contributed by atoms with Gasteiger partial charge < -0.3 is 41.2 Å². The number of benzene rings is 2. The van der Waals surface area contributed by atoms with Crippen molar-refractivity contribution in [3.63, 3.8) is 0 Å². The summed E-state index contributed by atoms with van der Waals surface area (Å²) in [5.41, 5.74) is 5.23. The smallest absolute Gasteiger partial charge is 0.534 e. The van der Waals surface area contributed by atoms with Crippen LogP contribution < -0.4 is 21.0 Å². The average molecular weight is 557 g/mol. The van der Waals surface area contributed by atoms with Crippen LogP contribution in [0.5, 0.6) is 11.5 Å². The molecule has 1 fully saturated rings. The number of carboxylic acid groups (broad SMARTS) is 1. The Kier molecular flexibility index (Phi) is 8.20. The molecule has 2 aromatic carbocycles. The topological polar surface area (TPSA) is 212 Å². The highest BCUT2D eigenvalue weighted by molar-refractivity contribution is 6.47. The number of nitrogens with one attached hydrogen (secondary N) is 2. The summed E-state index contributed by atoms with van der Waals surface area (Å²) in [7, 11) is -1.70. The number of piperazine rings is 1. The number of nitrogens with zero attached hydrogens (tertiary/aromatic N) is 2. The Hall–Kier alpha value is -4.70. The summed E-state index contributed by atoms with van der Waals surface area (Å²) < 4.78 is 20.2. The quantitative estimate of drug-likeness (QED) is 0.176. The second kappa shape index (κ2) is 11.6. The van der Waals surface area contributed by atoms with Crippen LogP contribution >= 0.6 is 0 Å². The van der Waals surface area contributed by atoms with E-state index in [0.29, 0.717) is 16.5 Å². The Bertz CT molecular complexity index is 1380. The molecule has 0 aromatic heterocycles. The lowest BCUT2D eigenvalue weighted by Crippen LogP contribution is -2.60. The van der Waals surface area contributed by atoms with Crippen molar-refractivity contribution >= 4 is 36.8 Å². The molecule has 2 atom stereocenters. The number of imide groups is 1. The first kappa shape index (κ1) is 28.3. The van der Waals surface area contributed by atoms with E-state index in [-0.39, 0.29) is 49.5 Å². The van der Waals surface area contributed by atoms with Crippen molar-refractivity contribution in [3.8, 4) is 11.5 Å². The van der Waals surface area contributed by atoms with Crippen LogP contribution in [0.2, 0.25) is 0 Å². The van der Waals surface area contributed by atoms with Crippen LogP contribution in [0.25, 0.3) is 0 Å². The summed E-state index contributed by atoms with van der Waals surface area (Å²) in [4.78, 5) is 64.5. The zero-order valence-electron chi connectivity index (χ0n) is 20.9. The number of amides is 5. The first-order valence-electron chi connectivity index (χ1n) is 12.1. The Morgan fingerprint density at radius 3 is 2.60 bits per heavy atom. The number of carboxylic acids is 1. The summed E-state index contributed by atoms with van der Waals surface area (Å²) in [6.45, 7) is 0.00270. The molecule has 0 saturated carbocycles. The van der Waals surface area contributed by atoms with Crippen LogP contribution in [0.1, 0.15) is 27.5 Å². The Balaban J connectivity index is 1.57. The normalized spacial score (nSPS) is 17.6. The SMILES string of the molecule is NCCN1CCN(C(=O)NC(C(=O)N[C@H]2Cc3cccc(C(=O)O)c3OB2O)c2ccc(O)cc2F)C(=O)C1=O. The fourth-order valence-electron chi connectivity index (χ4n) is 4.46. The number of rotatable bonds is 7. The monoisotopic (exact) mass is 557 g/mol. The maximum atomic E-state index is 14.8. The number of phenols is 1. The number of halogens is 1. The summed E-state index contributed by atoms with van der Waals surface area (Å²) in [6.07, 6.45) is -0.0713. The highest BCUT2D eigenvalue weighted by Gasteiger charge is 2.41. The largest absolute Gasteiger partial charge is 0.547 e. The van der Waals surface area contributed by atoms with Gasteiger partial charge in [0, 0.05) is 37.8 Å². The van der Waals surface area contributed by atoms with Crippen molar-refractivity contribution in [3.05, 3.63) is 58.9 Å². The molecule has 14 nitrogen and oxygen atoms in total.